The molecule has 0 radical (unpaired) electrons. The minimum Gasteiger partial charge on any atom is -0.361 e. The number of hydrogen-bond donors (Lipinski definition) is 1. The molecule has 0 unspecified atom stereocenters. The van der Waals surface area contributed by atoms with Gasteiger partial charge in [0.2, 0.25) is 0 Å². The number of sulfone groups is 1. The molecule has 2 aromatic rings. The van der Waals surface area contributed by atoms with Crippen molar-refractivity contribution in [3.05, 3.63) is 66.2 Å². The Bertz CT molecular complexity index is 1190. The number of carbonyl (C=O) groups excluding carboxylic acids is 1. The summed E-state index contributed by atoms with van der Waals surface area (Å²) < 4.78 is 53.8. The average molecular weight is 463 g/mol. The molecular weight excluding hydrogens is 440 g/mol. The Morgan fingerprint density at radius 3 is 2.16 bits per heavy atom. The van der Waals surface area contributed by atoms with E-state index in [1.165, 1.54) is 38.2 Å². The van der Waals surface area contributed by atoms with Gasteiger partial charge in [-0.05, 0) is 24.6 Å². The van der Waals surface area contributed by atoms with Gasteiger partial charge in [0, 0.05) is 7.05 Å². The number of nitrogens with zero attached hydrogens (tertiary/aromatic N) is 3. The lowest BCUT2D eigenvalue weighted by molar-refractivity contribution is -0.128. The second-order valence-electron chi connectivity index (χ2n) is 6.70. The molecule has 1 atom stereocenters. The van der Waals surface area contributed by atoms with Crippen LogP contribution in [-0.4, -0.2) is 52.3 Å². The first-order valence-electron chi connectivity index (χ1n) is 9.09. The van der Waals surface area contributed by atoms with Crippen molar-refractivity contribution in [1.29, 1.82) is 5.26 Å². The zero-order valence-electron chi connectivity index (χ0n) is 17.0. The van der Waals surface area contributed by atoms with Gasteiger partial charge in [0.15, 0.2) is 16.0 Å². The van der Waals surface area contributed by atoms with E-state index >= 15 is 0 Å². The van der Waals surface area contributed by atoms with E-state index in [0.717, 1.165) is 0 Å². The minimum atomic E-state index is -4.06. The van der Waals surface area contributed by atoms with E-state index in [4.69, 9.17) is 5.26 Å². The number of nitriles is 1. The normalized spacial score (nSPS) is 13.1. The van der Waals surface area contributed by atoms with Gasteiger partial charge < -0.3 is 5.32 Å². The zero-order valence-corrected chi connectivity index (χ0v) is 18.6. The Hall–Kier alpha value is -3.23. The summed E-state index contributed by atoms with van der Waals surface area (Å²) in [4.78, 5) is 13.2. The molecule has 0 saturated heterocycles. The third-order valence-electron chi connectivity index (χ3n) is 4.11. The molecule has 0 saturated carbocycles. The second kappa shape index (κ2) is 10.2. The molecule has 0 fully saturated rings. The maximum atomic E-state index is 12.7. The first-order valence-corrected chi connectivity index (χ1v) is 12.3. The summed E-state index contributed by atoms with van der Waals surface area (Å²) in [7, 11) is -6.66. The van der Waals surface area contributed by atoms with Crippen molar-refractivity contribution in [3.63, 3.8) is 0 Å². The summed E-state index contributed by atoms with van der Waals surface area (Å²) in [6.45, 7) is 1.30. The van der Waals surface area contributed by atoms with Gasteiger partial charge in [-0.3, -0.25) is 9.69 Å². The number of amides is 1. The summed E-state index contributed by atoms with van der Waals surface area (Å²) in [6, 6.07) is 14.5. The molecule has 2 aromatic carbocycles. The molecular formula is C20H22N4O5S2. The fraction of sp³-hybridized carbons (Fsp3) is 0.250. The average Bonchev–Trinajstić information content (AvgIpc) is 2.72. The van der Waals surface area contributed by atoms with E-state index in [1.807, 2.05) is 0 Å². The Balaban J connectivity index is 2.28. The summed E-state index contributed by atoms with van der Waals surface area (Å²) >= 11 is 0. The van der Waals surface area contributed by atoms with Crippen LogP contribution in [0.4, 0.5) is 0 Å². The van der Waals surface area contributed by atoms with Gasteiger partial charge in [0.1, 0.15) is 11.9 Å². The molecule has 1 amide bonds. The number of amidine groups is 1. The molecule has 1 N–H and O–H groups in total. The highest BCUT2D eigenvalue weighted by molar-refractivity contribution is 7.90. The number of likely N-dealkylation sites (N-methyl/N-ethyl adjacent to an activating group) is 1. The van der Waals surface area contributed by atoms with Crippen LogP contribution in [-0.2, 0) is 30.4 Å². The van der Waals surface area contributed by atoms with Crippen molar-refractivity contribution in [3.8, 4) is 6.19 Å². The number of carbonyl (C=O) groups is 1. The van der Waals surface area contributed by atoms with Crippen molar-refractivity contribution < 1.29 is 21.6 Å². The summed E-state index contributed by atoms with van der Waals surface area (Å²) in [5.74, 6) is -1.96. The highest BCUT2D eigenvalue weighted by Crippen LogP contribution is 2.12. The molecule has 0 bridgehead atoms. The zero-order chi connectivity index (χ0) is 23.1. The molecule has 31 heavy (non-hydrogen) atoms. The van der Waals surface area contributed by atoms with Crippen LogP contribution in [0.15, 0.2) is 70.0 Å². The quantitative estimate of drug-likeness (QED) is 0.270. The molecule has 11 heteroatoms. The van der Waals surface area contributed by atoms with Crippen LogP contribution in [0, 0.1) is 11.5 Å². The topological polar surface area (TPSA) is 137 Å². The molecule has 0 aliphatic heterocycles. The van der Waals surface area contributed by atoms with E-state index in [9.17, 15) is 21.6 Å². The van der Waals surface area contributed by atoms with Crippen molar-refractivity contribution in [2.75, 3.05) is 12.8 Å². The third kappa shape index (κ3) is 7.20. The maximum Gasteiger partial charge on any atom is 0.283 e. The van der Waals surface area contributed by atoms with E-state index in [1.54, 1.807) is 42.6 Å². The summed E-state index contributed by atoms with van der Waals surface area (Å²) in [5, 5.41) is 11.6. The van der Waals surface area contributed by atoms with Gasteiger partial charge in [-0.25, -0.2) is 8.42 Å². The predicted octanol–water partition coefficient (Wildman–Crippen LogP) is 1.31. The molecule has 2 rings (SSSR count). The van der Waals surface area contributed by atoms with Crippen molar-refractivity contribution in [2.45, 2.75) is 23.6 Å². The minimum absolute atomic E-state index is 0.0510. The van der Waals surface area contributed by atoms with Gasteiger partial charge in [0.05, 0.1) is 16.4 Å². The van der Waals surface area contributed by atoms with Gasteiger partial charge in [-0.2, -0.15) is 13.7 Å². The van der Waals surface area contributed by atoms with E-state index in [-0.39, 0.29) is 16.5 Å². The van der Waals surface area contributed by atoms with Crippen LogP contribution < -0.4 is 5.32 Å². The van der Waals surface area contributed by atoms with E-state index in [2.05, 4.69) is 9.71 Å². The molecule has 0 aliphatic rings. The van der Waals surface area contributed by atoms with Crippen LogP contribution in [0.25, 0.3) is 0 Å². The first-order chi connectivity index (χ1) is 14.5. The Morgan fingerprint density at radius 1 is 1.06 bits per heavy atom. The van der Waals surface area contributed by atoms with Gasteiger partial charge in [0.25, 0.3) is 15.9 Å². The smallest absolute Gasteiger partial charge is 0.283 e. The molecule has 9 nitrogen and oxygen atoms in total. The number of nitrogens with one attached hydrogen (secondary N) is 1. The maximum absolute atomic E-state index is 12.7. The third-order valence-corrected chi connectivity index (χ3v) is 7.11. The van der Waals surface area contributed by atoms with Gasteiger partial charge in [-0.1, -0.05) is 48.5 Å². The summed E-state index contributed by atoms with van der Waals surface area (Å²) in [6.07, 6.45) is 1.62. The van der Waals surface area contributed by atoms with Crippen molar-refractivity contribution in [2.24, 2.45) is 4.40 Å². The highest BCUT2D eigenvalue weighted by atomic mass is 32.2. The lowest BCUT2D eigenvalue weighted by atomic mass is 10.2. The van der Waals surface area contributed by atoms with Crippen LogP contribution >= 0.6 is 0 Å². The van der Waals surface area contributed by atoms with E-state index in [0.29, 0.717) is 10.5 Å². The Labute approximate surface area is 182 Å². The highest BCUT2D eigenvalue weighted by Gasteiger charge is 2.29. The van der Waals surface area contributed by atoms with E-state index < -0.39 is 37.6 Å². The molecule has 0 heterocycles. The largest absolute Gasteiger partial charge is 0.361 e. The SMILES string of the molecule is CC(=NS(=O)(=O)c1ccccc1)N[C@@H](CS(=O)(=O)Cc1ccccc1)C(=O)N(C)C#N. The van der Waals surface area contributed by atoms with Gasteiger partial charge >= 0.3 is 0 Å². The van der Waals surface area contributed by atoms with Crippen molar-refractivity contribution in [1.82, 2.24) is 10.2 Å². The number of rotatable bonds is 8. The molecule has 0 spiro atoms. The number of hydrogen-bond acceptors (Lipinski definition) is 6. The number of sulfonamides is 1. The van der Waals surface area contributed by atoms with Crippen molar-refractivity contribution >= 4 is 31.6 Å². The number of benzene rings is 2. The lowest BCUT2D eigenvalue weighted by Gasteiger charge is -2.20. The van der Waals surface area contributed by atoms with Crippen LogP contribution in [0.1, 0.15) is 12.5 Å². The lowest BCUT2D eigenvalue weighted by Crippen LogP contribution is -2.49. The molecule has 164 valence electrons. The monoisotopic (exact) mass is 462 g/mol. The Morgan fingerprint density at radius 2 is 1.61 bits per heavy atom. The van der Waals surface area contributed by atoms with Crippen LogP contribution in [0.3, 0.4) is 0 Å². The van der Waals surface area contributed by atoms with Gasteiger partial charge in [-0.15, -0.1) is 4.40 Å². The predicted molar refractivity (Wildman–Crippen MR) is 116 cm³/mol. The fourth-order valence-electron chi connectivity index (χ4n) is 2.70. The van der Waals surface area contributed by atoms with Crippen LogP contribution in [0.5, 0.6) is 0 Å². The standard InChI is InChI=1S/C20H22N4O5S2/c1-16(23-31(28,29)18-11-7-4-8-12-18)22-19(20(25)24(2)15-21)14-30(26,27)13-17-9-5-3-6-10-17/h3-12,19H,13-14H2,1-2H3,(H,22,23)/t19-/m0/s1. The Kier molecular flexibility index (Phi) is 7.90. The second-order valence-corrected chi connectivity index (χ2v) is 10.4. The summed E-state index contributed by atoms with van der Waals surface area (Å²) in [5.41, 5.74) is 0.541. The molecule has 0 aliphatic carbocycles. The fourth-order valence-corrected chi connectivity index (χ4v) is 5.27. The van der Waals surface area contributed by atoms with Crippen LogP contribution in [0.2, 0.25) is 0 Å². The molecule has 0 aromatic heterocycles. The first kappa shape index (κ1) is 24.0.